The zero-order valence-electron chi connectivity index (χ0n) is 24.6. The average molecular weight is 565 g/mol. The normalized spacial score (nSPS) is 16.9. The van der Waals surface area contributed by atoms with E-state index in [-0.39, 0.29) is 54.3 Å². The van der Waals surface area contributed by atoms with Crippen LogP contribution in [0, 0.1) is 17.2 Å². The molecular weight excluding hydrogens is 523 g/mol. The van der Waals surface area contributed by atoms with Gasteiger partial charge in [-0.15, -0.1) is 0 Å². The predicted octanol–water partition coefficient (Wildman–Crippen LogP) is 4.12. The van der Waals surface area contributed by atoms with E-state index in [1.54, 1.807) is 57.1 Å². The maximum absolute atomic E-state index is 14.4. The second kappa shape index (κ2) is 12.8. The summed E-state index contributed by atoms with van der Waals surface area (Å²) < 4.78 is 16.1. The van der Waals surface area contributed by atoms with Gasteiger partial charge in [-0.1, -0.05) is 52.8 Å². The molecule has 1 aliphatic heterocycles. The molecular formula is C31H41FN6O3. The first-order valence-corrected chi connectivity index (χ1v) is 14.4. The topological polar surface area (TPSA) is 99.9 Å². The van der Waals surface area contributed by atoms with E-state index in [2.05, 4.69) is 15.3 Å². The van der Waals surface area contributed by atoms with Crippen molar-refractivity contribution in [3.63, 3.8) is 0 Å². The van der Waals surface area contributed by atoms with Gasteiger partial charge in [0.1, 0.15) is 17.6 Å². The van der Waals surface area contributed by atoms with Gasteiger partial charge in [0.2, 0.25) is 17.6 Å². The Kier molecular flexibility index (Phi) is 9.40. The highest BCUT2D eigenvalue weighted by Gasteiger charge is 2.41. The molecule has 220 valence electrons. The lowest BCUT2D eigenvalue weighted by molar-refractivity contribution is -0.141. The maximum atomic E-state index is 14.4. The van der Waals surface area contributed by atoms with Gasteiger partial charge in [0.25, 0.3) is 5.91 Å². The fraction of sp³-hybridized carbons (Fsp3) is 0.516. The van der Waals surface area contributed by atoms with Crippen LogP contribution in [-0.2, 0) is 16.0 Å². The Hall–Kier alpha value is -3.82. The number of benzene rings is 1. The van der Waals surface area contributed by atoms with Crippen LogP contribution in [0.15, 0.2) is 48.9 Å². The number of nitrogens with zero attached hydrogens (tertiary/aromatic N) is 5. The van der Waals surface area contributed by atoms with Crippen LogP contribution in [0.3, 0.4) is 0 Å². The van der Waals surface area contributed by atoms with Crippen LogP contribution < -0.4 is 5.32 Å². The van der Waals surface area contributed by atoms with E-state index in [1.165, 1.54) is 6.07 Å². The van der Waals surface area contributed by atoms with Crippen molar-refractivity contribution in [1.29, 1.82) is 0 Å². The summed E-state index contributed by atoms with van der Waals surface area (Å²) >= 11 is 0. The molecule has 0 unspecified atom stereocenters. The molecule has 1 aromatic carbocycles. The number of halogens is 1. The van der Waals surface area contributed by atoms with Gasteiger partial charge in [-0.2, -0.15) is 0 Å². The molecule has 1 saturated heterocycles. The van der Waals surface area contributed by atoms with Gasteiger partial charge < -0.3 is 15.1 Å². The number of carbonyl (C=O) groups is 3. The van der Waals surface area contributed by atoms with Crippen LogP contribution >= 0.6 is 0 Å². The number of fused-ring (bicyclic) bond motifs is 1. The van der Waals surface area contributed by atoms with Crippen molar-refractivity contribution in [3.05, 3.63) is 66.0 Å². The van der Waals surface area contributed by atoms with E-state index in [0.717, 1.165) is 12.8 Å². The summed E-state index contributed by atoms with van der Waals surface area (Å²) in [6.45, 7) is 10.7. The molecule has 4 rings (SSSR count). The number of carbonyl (C=O) groups excluding carboxylic acids is 3. The first kappa shape index (κ1) is 30.1. The highest BCUT2D eigenvalue weighted by atomic mass is 19.1. The second-order valence-corrected chi connectivity index (χ2v) is 12.0. The molecule has 2 aromatic heterocycles. The number of imidazole rings is 1. The SMILES string of the molecule is CC[C@@H](C)C(=O)N[C@H](C(=O)N1CCC[C@H]1CN(CCc1ccccc1F)C(=O)c1cn2cccnc2n1)C(C)(C)C. The molecule has 0 aliphatic carbocycles. The third-order valence-corrected chi connectivity index (χ3v) is 7.90. The fourth-order valence-corrected chi connectivity index (χ4v) is 5.18. The predicted molar refractivity (Wildman–Crippen MR) is 155 cm³/mol. The third-order valence-electron chi connectivity index (χ3n) is 7.90. The van der Waals surface area contributed by atoms with Crippen LogP contribution in [0.1, 0.15) is 69.9 Å². The quantitative estimate of drug-likeness (QED) is 0.399. The van der Waals surface area contributed by atoms with Crippen molar-refractivity contribution in [2.75, 3.05) is 19.6 Å². The Morgan fingerprint density at radius 2 is 1.95 bits per heavy atom. The lowest BCUT2D eigenvalue weighted by Gasteiger charge is -2.37. The van der Waals surface area contributed by atoms with E-state index in [1.807, 2.05) is 34.6 Å². The molecule has 3 heterocycles. The van der Waals surface area contributed by atoms with Gasteiger partial charge in [0.15, 0.2) is 0 Å². The molecule has 0 bridgehead atoms. The minimum Gasteiger partial charge on any atom is -0.344 e. The monoisotopic (exact) mass is 564 g/mol. The standard InChI is InChI=1S/C31H41FN6O3/c1-6-21(2)27(39)35-26(31(3,4)5)29(41)38-17-9-12-23(38)19-36(18-14-22-11-7-8-13-24(22)32)28(40)25-20-37-16-10-15-33-30(37)34-25/h7-8,10-11,13,15-16,20-21,23,26H,6,9,12,14,17-19H2,1-5H3,(H,35,39)/t21-,23+,26-/m1/s1. The number of nitrogens with one attached hydrogen (secondary N) is 1. The van der Waals surface area contributed by atoms with Crippen LogP contribution in [0.25, 0.3) is 5.78 Å². The van der Waals surface area contributed by atoms with Crippen LogP contribution in [0.5, 0.6) is 0 Å². The summed E-state index contributed by atoms with van der Waals surface area (Å²) in [7, 11) is 0. The molecule has 3 amide bonds. The van der Waals surface area contributed by atoms with Crippen molar-refractivity contribution in [1.82, 2.24) is 29.5 Å². The first-order valence-electron chi connectivity index (χ1n) is 14.4. The molecule has 9 nitrogen and oxygen atoms in total. The van der Waals surface area contributed by atoms with E-state index in [0.29, 0.717) is 30.7 Å². The molecule has 41 heavy (non-hydrogen) atoms. The molecule has 10 heteroatoms. The van der Waals surface area contributed by atoms with Crippen LogP contribution in [0.2, 0.25) is 0 Å². The van der Waals surface area contributed by atoms with Crippen molar-refractivity contribution < 1.29 is 18.8 Å². The van der Waals surface area contributed by atoms with E-state index in [4.69, 9.17) is 0 Å². The first-order chi connectivity index (χ1) is 19.5. The summed E-state index contributed by atoms with van der Waals surface area (Å²) in [6.07, 6.45) is 7.53. The van der Waals surface area contributed by atoms with Gasteiger partial charge in [-0.3, -0.25) is 18.8 Å². The number of amides is 3. The average Bonchev–Trinajstić information content (AvgIpc) is 3.60. The number of hydrogen-bond acceptors (Lipinski definition) is 5. The maximum Gasteiger partial charge on any atom is 0.274 e. The fourth-order valence-electron chi connectivity index (χ4n) is 5.18. The molecule has 0 spiro atoms. The summed E-state index contributed by atoms with van der Waals surface area (Å²) in [5, 5.41) is 3.00. The molecule has 1 fully saturated rings. The minimum atomic E-state index is -0.698. The van der Waals surface area contributed by atoms with E-state index < -0.39 is 11.5 Å². The Morgan fingerprint density at radius 3 is 2.63 bits per heavy atom. The van der Waals surface area contributed by atoms with Crippen molar-refractivity contribution in [3.8, 4) is 0 Å². The smallest absolute Gasteiger partial charge is 0.274 e. The van der Waals surface area contributed by atoms with Gasteiger partial charge >= 0.3 is 0 Å². The zero-order chi connectivity index (χ0) is 29.7. The number of hydrogen-bond donors (Lipinski definition) is 1. The zero-order valence-corrected chi connectivity index (χ0v) is 24.6. The Morgan fingerprint density at radius 1 is 1.20 bits per heavy atom. The lowest BCUT2D eigenvalue weighted by atomic mass is 9.85. The third kappa shape index (κ3) is 7.10. The summed E-state index contributed by atoms with van der Waals surface area (Å²) in [5.74, 6) is -0.696. The van der Waals surface area contributed by atoms with Gasteiger partial charge in [0.05, 0.1) is 0 Å². The van der Waals surface area contributed by atoms with Crippen molar-refractivity contribution in [2.24, 2.45) is 11.3 Å². The van der Waals surface area contributed by atoms with Crippen LogP contribution in [0.4, 0.5) is 4.39 Å². The van der Waals surface area contributed by atoms with E-state index in [9.17, 15) is 18.8 Å². The molecule has 0 radical (unpaired) electrons. The van der Waals surface area contributed by atoms with Crippen molar-refractivity contribution >= 4 is 23.5 Å². The molecule has 0 saturated carbocycles. The Labute approximate surface area is 241 Å². The van der Waals surface area contributed by atoms with Crippen LogP contribution in [-0.4, -0.2) is 73.6 Å². The highest BCUT2D eigenvalue weighted by Crippen LogP contribution is 2.27. The highest BCUT2D eigenvalue weighted by molar-refractivity contribution is 5.93. The lowest BCUT2D eigenvalue weighted by Crippen LogP contribution is -2.57. The van der Waals surface area contributed by atoms with Crippen molar-refractivity contribution in [2.45, 2.75) is 72.4 Å². The summed E-state index contributed by atoms with van der Waals surface area (Å²) in [4.78, 5) is 52.6. The number of aromatic nitrogens is 3. The largest absolute Gasteiger partial charge is 0.344 e. The minimum absolute atomic E-state index is 0.140. The van der Waals surface area contributed by atoms with E-state index >= 15 is 0 Å². The van der Waals surface area contributed by atoms with Gasteiger partial charge in [0, 0.05) is 50.2 Å². The summed E-state index contributed by atoms with van der Waals surface area (Å²) in [6, 6.07) is 7.35. The number of likely N-dealkylation sites (tertiary alicyclic amines) is 1. The Bertz CT molecular complexity index is 1350. The second-order valence-electron chi connectivity index (χ2n) is 12.0. The molecule has 1 aliphatic rings. The molecule has 3 aromatic rings. The molecule has 3 atom stereocenters. The number of rotatable bonds is 10. The van der Waals surface area contributed by atoms with Gasteiger partial charge in [-0.05, 0) is 48.8 Å². The van der Waals surface area contributed by atoms with Gasteiger partial charge in [-0.25, -0.2) is 14.4 Å². The Balaban J connectivity index is 1.58. The summed E-state index contributed by atoms with van der Waals surface area (Å²) in [5.41, 5.74) is 0.250. The molecule has 1 N–H and O–H groups in total.